The monoisotopic (exact) mass is 333 g/mol. The molecule has 3 rings (SSSR count). The lowest BCUT2D eigenvalue weighted by molar-refractivity contribution is 0.0788. The van der Waals surface area contributed by atoms with E-state index >= 15 is 0 Å². The van der Waals surface area contributed by atoms with Crippen LogP contribution < -0.4 is 5.32 Å². The first-order chi connectivity index (χ1) is 11.6. The predicted molar refractivity (Wildman–Crippen MR) is 91.6 cm³/mol. The average molecular weight is 333 g/mol. The van der Waals surface area contributed by atoms with Crippen LogP contribution in [0.15, 0.2) is 24.3 Å². The Balaban J connectivity index is 1.41. The van der Waals surface area contributed by atoms with E-state index in [-0.39, 0.29) is 12.6 Å². The van der Waals surface area contributed by atoms with Crippen molar-refractivity contribution < 1.29 is 15.0 Å². The number of likely N-dealkylation sites (tertiary alicyclic amines) is 1. The Morgan fingerprint density at radius 2 is 2.08 bits per heavy atom. The lowest BCUT2D eigenvalue weighted by atomic mass is 10.00. The van der Waals surface area contributed by atoms with E-state index in [0.29, 0.717) is 19.6 Å². The van der Waals surface area contributed by atoms with Gasteiger partial charge in [0.05, 0.1) is 12.2 Å². The highest BCUT2D eigenvalue weighted by Gasteiger charge is 2.23. The minimum absolute atomic E-state index is 0.197. The number of rotatable bonds is 4. The molecule has 0 aromatic heterocycles. The molecular formula is C18H27N3O3. The Hall–Kier alpha value is -1.63. The fourth-order valence-electron chi connectivity index (χ4n) is 3.53. The molecule has 6 nitrogen and oxygen atoms in total. The maximum atomic E-state index is 12.1. The Labute approximate surface area is 143 Å². The van der Waals surface area contributed by atoms with Gasteiger partial charge in [-0.25, -0.2) is 4.79 Å². The number of urea groups is 1. The van der Waals surface area contributed by atoms with Crippen LogP contribution in [0.5, 0.6) is 0 Å². The average Bonchev–Trinajstić information content (AvgIpc) is 2.59. The quantitative estimate of drug-likeness (QED) is 0.753. The molecule has 0 spiro atoms. The largest absolute Gasteiger partial charge is 0.391 e. The summed E-state index contributed by atoms with van der Waals surface area (Å²) in [5.41, 5.74) is 2.71. The summed E-state index contributed by atoms with van der Waals surface area (Å²) in [4.78, 5) is 15.9. The van der Waals surface area contributed by atoms with Crippen molar-refractivity contribution in [2.75, 3.05) is 32.7 Å². The Morgan fingerprint density at radius 1 is 1.29 bits per heavy atom. The Bertz CT molecular complexity index is 566. The van der Waals surface area contributed by atoms with Gasteiger partial charge in [-0.1, -0.05) is 24.3 Å². The van der Waals surface area contributed by atoms with E-state index in [0.717, 1.165) is 32.4 Å². The van der Waals surface area contributed by atoms with Crippen LogP contribution in [0.1, 0.15) is 24.0 Å². The molecular weight excluding hydrogens is 306 g/mol. The number of β-amino-alcohol motifs (C(OH)–C–C–N with tert-alkyl or cyclic N) is 2. The molecule has 6 heteroatoms. The number of piperidine rings is 1. The van der Waals surface area contributed by atoms with Gasteiger partial charge >= 0.3 is 6.03 Å². The summed E-state index contributed by atoms with van der Waals surface area (Å²) >= 11 is 0. The van der Waals surface area contributed by atoms with Gasteiger partial charge in [-0.15, -0.1) is 0 Å². The molecule has 2 aliphatic rings. The van der Waals surface area contributed by atoms with Crippen LogP contribution in [0.4, 0.5) is 4.79 Å². The molecule has 24 heavy (non-hydrogen) atoms. The van der Waals surface area contributed by atoms with E-state index in [2.05, 4.69) is 28.4 Å². The summed E-state index contributed by atoms with van der Waals surface area (Å²) < 4.78 is 0. The van der Waals surface area contributed by atoms with E-state index in [1.54, 1.807) is 4.90 Å². The van der Waals surface area contributed by atoms with Crippen molar-refractivity contribution >= 4 is 6.03 Å². The van der Waals surface area contributed by atoms with Crippen molar-refractivity contribution in [3.8, 4) is 0 Å². The van der Waals surface area contributed by atoms with E-state index in [1.807, 2.05) is 6.07 Å². The molecule has 1 fully saturated rings. The van der Waals surface area contributed by atoms with Crippen LogP contribution in [-0.4, -0.2) is 71.0 Å². The van der Waals surface area contributed by atoms with Crippen molar-refractivity contribution in [2.24, 2.45) is 0 Å². The highest BCUT2D eigenvalue weighted by atomic mass is 16.3. The predicted octanol–water partition coefficient (Wildman–Crippen LogP) is 0.572. The molecule has 0 saturated carbocycles. The standard InChI is InChI=1S/C18H27N3O3/c22-16-6-3-8-21(13-16)18(24)19-10-17(23)12-20-9-7-14-4-1-2-5-15(14)11-20/h1-2,4-5,16-17,22-23H,3,6-13H2,(H,19,24). The van der Waals surface area contributed by atoms with Crippen LogP contribution in [0.3, 0.4) is 0 Å². The number of hydrogen-bond acceptors (Lipinski definition) is 4. The van der Waals surface area contributed by atoms with Crippen molar-refractivity contribution in [1.82, 2.24) is 15.1 Å². The zero-order valence-corrected chi connectivity index (χ0v) is 14.0. The maximum absolute atomic E-state index is 12.1. The summed E-state index contributed by atoms with van der Waals surface area (Å²) in [6.45, 7) is 3.62. The van der Waals surface area contributed by atoms with Crippen LogP contribution in [0.25, 0.3) is 0 Å². The first-order valence-electron chi connectivity index (χ1n) is 8.80. The first kappa shape index (κ1) is 17.2. The second kappa shape index (κ2) is 7.96. The molecule has 0 aliphatic carbocycles. The van der Waals surface area contributed by atoms with E-state index in [1.165, 1.54) is 11.1 Å². The minimum atomic E-state index is -0.589. The normalized spacial score (nSPS) is 22.8. The van der Waals surface area contributed by atoms with Crippen LogP contribution in [0.2, 0.25) is 0 Å². The molecule has 2 atom stereocenters. The Kier molecular flexibility index (Phi) is 5.71. The summed E-state index contributed by atoms with van der Waals surface area (Å²) in [5, 5.41) is 22.6. The van der Waals surface area contributed by atoms with Gasteiger partial charge in [-0.05, 0) is 30.4 Å². The summed E-state index contributed by atoms with van der Waals surface area (Å²) in [5.74, 6) is 0. The van der Waals surface area contributed by atoms with Gasteiger partial charge < -0.3 is 20.4 Å². The van der Waals surface area contributed by atoms with Crippen molar-refractivity contribution in [1.29, 1.82) is 0 Å². The molecule has 2 aliphatic heterocycles. The molecule has 2 amide bonds. The number of aliphatic hydroxyl groups is 2. The molecule has 1 saturated heterocycles. The van der Waals surface area contributed by atoms with Gasteiger partial charge in [-0.3, -0.25) is 4.90 Å². The maximum Gasteiger partial charge on any atom is 0.317 e. The van der Waals surface area contributed by atoms with Crippen LogP contribution >= 0.6 is 0 Å². The molecule has 132 valence electrons. The number of aliphatic hydroxyl groups excluding tert-OH is 2. The molecule has 2 heterocycles. The summed E-state index contributed by atoms with van der Waals surface area (Å²) in [7, 11) is 0. The third-order valence-corrected chi connectivity index (χ3v) is 4.85. The molecule has 1 aromatic rings. The van der Waals surface area contributed by atoms with E-state index in [4.69, 9.17) is 0 Å². The van der Waals surface area contributed by atoms with E-state index in [9.17, 15) is 15.0 Å². The molecule has 1 aromatic carbocycles. The Morgan fingerprint density at radius 3 is 2.88 bits per heavy atom. The van der Waals surface area contributed by atoms with Crippen LogP contribution in [-0.2, 0) is 13.0 Å². The fraction of sp³-hybridized carbons (Fsp3) is 0.611. The second-order valence-electron chi connectivity index (χ2n) is 6.84. The number of hydrogen-bond donors (Lipinski definition) is 3. The number of carbonyl (C=O) groups is 1. The zero-order chi connectivity index (χ0) is 16.9. The molecule has 3 N–H and O–H groups in total. The molecule has 2 unspecified atom stereocenters. The van der Waals surface area contributed by atoms with Crippen molar-refractivity contribution in [2.45, 2.75) is 38.0 Å². The van der Waals surface area contributed by atoms with Gasteiger partial charge in [0.1, 0.15) is 0 Å². The number of amides is 2. The summed E-state index contributed by atoms with van der Waals surface area (Å²) in [6.07, 6.45) is 1.56. The third-order valence-electron chi connectivity index (χ3n) is 4.85. The fourth-order valence-corrected chi connectivity index (χ4v) is 3.53. The minimum Gasteiger partial charge on any atom is -0.391 e. The summed E-state index contributed by atoms with van der Waals surface area (Å²) in [6, 6.07) is 8.22. The van der Waals surface area contributed by atoms with Gasteiger partial charge in [0, 0.05) is 39.3 Å². The second-order valence-corrected chi connectivity index (χ2v) is 6.84. The van der Waals surface area contributed by atoms with Gasteiger partial charge in [0.2, 0.25) is 0 Å². The number of carbonyl (C=O) groups excluding carboxylic acids is 1. The smallest absolute Gasteiger partial charge is 0.317 e. The highest BCUT2D eigenvalue weighted by molar-refractivity contribution is 5.74. The lowest BCUT2D eigenvalue weighted by Gasteiger charge is -2.32. The number of fused-ring (bicyclic) bond motifs is 1. The van der Waals surface area contributed by atoms with E-state index < -0.39 is 12.2 Å². The molecule has 0 bridgehead atoms. The van der Waals surface area contributed by atoms with Gasteiger partial charge in [-0.2, -0.15) is 0 Å². The van der Waals surface area contributed by atoms with Crippen molar-refractivity contribution in [3.05, 3.63) is 35.4 Å². The highest BCUT2D eigenvalue weighted by Crippen LogP contribution is 2.18. The number of benzene rings is 1. The number of nitrogens with one attached hydrogen (secondary N) is 1. The van der Waals surface area contributed by atoms with Crippen molar-refractivity contribution in [3.63, 3.8) is 0 Å². The first-order valence-corrected chi connectivity index (χ1v) is 8.80. The lowest BCUT2D eigenvalue weighted by Crippen LogP contribution is -2.49. The van der Waals surface area contributed by atoms with Crippen LogP contribution in [0, 0.1) is 0 Å². The third kappa shape index (κ3) is 4.47. The topological polar surface area (TPSA) is 76.0 Å². The zero-order valence-electron chi connectivity index (χ0n) is 14.0. The van der Waals surface area contributed by atoms with Gasteiger partial charge in [0.25, 0.3) is 0 Å². The van der Waals surface area contributed by atoms with Gasteiger partial charge in [0.15, 0.2) is 0 Å². The SMILES string of the molecule is O=C(NCC(O)CN1CCc2ccccc2C1)N1CCCC(O)C1. The number of nitrogens with zero attached hydrogens (tertiary/aromatic N) is 2. The molecule has 0 radical (unpaired) electrons.